The van der Waals surface area contributed by atoms with Crippen LogP contribution in [-0.4, -0.2) is 26.0 Å². The van der Waals surface area contributed by atoms with Crippen LogP contribution in [0.4, 0.5) is 13.2 Å². The molecule has 19 heavy (non-hydrogen) atoms. The van der Waals surface area contributed by atoms with Crippen molar-refractivity contribution in [3.8, 4) is 5.75 Å². The van der Waals surface area contributed by atoms with Crippen molar-refractivity contribution < 1.29 is 22.6 Å². The zero-order valence-electron chi connectivity index (χ0n) is 10.6. The summed E-state index contributed by atoms with van der Waals surface area (Å²) in [5.74, 6) is 1.04. The maximum absolute atomic E-state index is 11.8. The minimum absolute atomic E-state index is 0.0155. The molecule has 0 aromatic heterocycles. The molecule has 2 nitrogen and oxygen atoms in total. The number of rotatable bonds is 7. The predicted molar refractivity (Wildman–Crippen MR) is 67.7 cm³/mol. The molecule has 6 heteroatoms. The van der Waals surface area contributed by atoms with Gasteiger partial charge in [0.05, 0.1) is 19.1 Å². The lowest BCUT2D eigenvalue weighted by Crippen LogP contribution is -2.18. The number of alkyl halides is 4. The molecule has 0 heterocycles. The number of para-hydroxylation sites is 1. The first-order chi connectivity index (χ1) is 8.94. The number of hydrogen-bond donors (Lipinski definition) is 0. The summed E-state index contributed by atoms with van der Waals surface area (Å²) in [5.41, 5.74) is 1.83. The summed E-state index contributed by atoms with van der Waals surface area (Å²) in [4.78, 5) is 0. The lowest BCUT2D eigenvalue weighted by atomic mass is 10.1. The average molecular weight is 297 g/mol. The Morgan fingerprint density at radius 2 is 1.95 bits per heavy atom. The molecule has 0 N–H and O–H groups in total. The molecule has 1 rings (SSSR count). The number of hydrogen-bond acceptors (Lipinski definition) is 2. The smallest absolute Gasteiger partial charge is 0.411 e. The SMILES string of the molecule is Cc1cccc(CCl)c1OCCCOCC(F)(F)F. The molecule has 1 aromatic rings. The van der Waals surface area contributed by atoms with Gasteiger partial charge in [-0.3, -0.25) is 0 Å². The van der Waals surface area contributed by atoms with Gasteiger partial charge in [-0.2, -0.15) is 13.2 Å². The second kappa shape index (κ2) is 7.60. The van der Waals surface area contributed by atoms with Crippen LogP contribution in [0.2, 0.25) is 0 Å². The number of benzene rings is 1. The van der Waals surface area contributed by atoms with Crippen molar-refractivity contribution >= 4 is 11.6 Å². The molecule has 0 radical (unpaired) electrons. The van der Waals surface area contributed by atoms with E-state index in [-0.39, 0.29) is 6.61 Å². The van der Waals surface area contributed by atoms with E-state index in [0.29, 0.717) is 24.7 Å². The second-order valence-electron chi connectivity index (χ2n) is 4.07. The molecule has 108 valence electrons. The summed E-state index contributed by atoms with van der Waals surface area (Å²) in [6.45, 7) is 0.990. The maximum atomic E-state index is 11.8. The fourth-order valence-electron chi connectivity index (χ4n) is 1.55. The molecule has 0 unspecified atom stereocenters. The van der Waals surface area contributed by atoms with E-state index >= 15 is 0 Å². The first-order valence-electron chi connectivity index (χ1n) is 5.86. The van der Waals surface area contributed by atoms with Gasteiger partial charge in [0.15, 0.2) is 0 Å². The average Bonchev–Trinajstić information content (AvgIpc) is 2.33. The molecular weight excluding hydrogens is 281 g/mol. The van der Waals surface area contributed by atoms with Crippen LogP contribution in [-0.2, 0) is 10.6 Å². The molecule has 0 saturated heterocycles. The van der Waals surface area contributed by atoms with E-state index in [2.05, 4.69) is 4.74 Å². The van der Waals surface area contributed by atoms with Crippen molar-refractivity contribution in [2.45, 2.75) is 25.4 Å². The normalized spacial score (nSPS) is 11.6. The minimum atomic E-state index is -4.28. The van der Waals surface area contributed by atoms with Gasteiger partial charge in [0.1, 0.15) is 12.4 Å². The largest absolute Gasteiger partial charge is 0.493 e. The molecule has 0 amide bonds. The fourth-order valence-corrected chi connectivity index (χ4v) is 1.76. The second-order valence-corrected chi connectivity index (χ2v) is 4.33. The Morgan fingerprint density at radius 3 is 2.58 bits per heavy atom. The lowest BCUT2D eigenvalue weighted by Gasteiger charge is -2.13. The Balaban J connectivity index is 2.30. The highest BCUT2D eigenvalue weighted by Gasteiger charge is 2.27. The topological polar surface area (TPSA) is 18.5 Å². The molecule has 0 aliphatic heterocycles. The number of ether oxygens (including phenoxy) is 2. The Morgan fingerprint density at radius 1 is 1.21 bits per heavy atom. The highest BCUT2D eigenvalue weighted by Crippen LogP contribution is 2.25. The quantitative estimate of drug-likeness (QED) is 0.557. The van der Waals surface area contributed by atoms with Gasteiger partial charge in [-0.05, 0) is 12.5 Å². The van der Waals surface area contributed by atoms with Crippen LogP contribution in [0.1, 0.15) is 17.5 Å². The molecule has 0 atom stereocenters. The van der Waals surface area contributed by atoms with Gasteiger partial charge < -0.3 is 9.47 Å². The zero-order chi connectivity index (χ0) is 14.3. The van der Waals surface area contributed by atoms with Crippen LogP contribution < -0.4 is 4.74 Å². The third kappa shape index (κ3) is 6.16. The number of halogens is 4. The van der Waals surface area contributed by atoms with Crippen LogP contribution in [0.25, 0.3) is 0 Å². The Kier molecular flexibility index (Phi) is 6.45. The molecule has 0 aliphatic rings. The fraction of sp³-hybridized carbons (Fsp3) is 0.538. The van der Waals surface area contributed by atoms with Crippen molar-refractivity contribution in [1.82, 2.24) is 0 Å². The van der Waals surface area contributed by atoms with E-state index in [1.807, 2.05) is 25.1 Å². The van der Waals surface area contributed by atoms with E-state index < -0.39 is 12.8 Å². The van der Waals surface area contributed by atoms with Gasteiger partial charge in [0.25, 0.3) is 0 Å². The zero-order valence-corrected chi connectivity index (χ0v) is 11.4. The van der Waals surface area contributed by atoms with Gasteiger partial charge in [-0.15, -0.1) is 11.6 Å². The molecule has 0 spiro atoms. The monoisotopic (exact) mass is 296 g/mol. The van der Waals surface area contributed by atoms with Crippen molar-refractivity contribution in [3.05, 3.63) is 29.3 Å². The van der Waals surface area contributed by atoms with Crippen LogP contribution >= 0.6 is 11.6 Å². The molecule has 0 fully saturated rings. The summed E-state index contributed by atoms with van der Waals surface area (Å²) in [6, 6.07) is 5.63. The van der Waals surface area contributed by atoms with E-state index in [0.717, 1.165) is 11.1 Å². The van der Waals surface area contributed by atoms with Crippen molar-refractivity contribution in [2.75, 3.05) is 19.8 Å². The van der Waals surface area contributed by atoms with Gasteiger partial charge in [0.2, 0.25) is 0 Å². The first kappa shape index (κ1) is 16.1. The first-order valence-corrected chi connectivity index (χ1v) is 6.39. The van der Waals surface area contributed by atoms with Crippen molar-refractivity contribution in [2.24, 2.45) is 0 Å². The molecular formula is C13H16ClF3O2. The lowest BCUT2D eigenvalue weighted by molar-refractivity contribution is -0.174. The third-order valence-corrected chi connectivity index (χ3v) is 2.67. The number of aryl methyl sites for hydroxylation is 1. The summed E-state index contributed by atoms with van der Waals surface area (Å²) in [7, 11) is 0. The van der Waals surface area contributed by atoms with Crippen LogP contribution in [0.15, 0.2) is 18.2 Å². The highest BCUT2D eigenvalue weighted by atomic mass is 35.5. The molecule has 1 aromatic carbocycles. The minimum Gasteiger partial charge on any atom is -0.493 e. The summed E-state index contributed by atoms with van der Waals surface area (Å²) >= 11 is 5.79. The Hall–Kier alpha value is -0.940. The molecule has 0 bridgehead atoms. The van der Waals surface area contributed by atoms with Gasteiger partial charge >= 0.3 is 6.18 Å². The molecule has 0 saturated carbocycles. The van der Waals surface area contributed by atoms with Crippen LogP contribution in [0, 0.1) is 6.92 Å². The highest BCUT2D eigenvalue weighted by molar-refractivity contribution is 6.17. The summed E-state index contributed by atoms with van der Waals surface area (Å²) in [5, 5.41) is 0. The van der Waals surface area contributed by atoms with Gasteiger partial charge in [0, 0.05) is 12.0 Å². The maximum Gasteiger partial charge on any atom is 0.411 e. The van der Waals surface area contributed by atoms with E-state index in [1.165, 1.54) is 0 Å². The van der Waals surface area contributed by atoms with E-state index in [9.17, 15) is 13.2 Å². The Bertz CT molecular complexity index is 394. The molecule has 0 aliphatic carbocycles. The standard InChI is InChI=1S/C13H16ClF3O2/c1-10-4-2-5-11(8-14)12(10)19-7-3-6-18-9-13(15,16)17/h2,4-5H,3,6-9H2,1H3. The van der Waals surface area contributed by atoms with Gasteiger partial charge in [-0.25, -0.2) is 0 Å². The van der Waals surface area contributed by atoms with Crippen LogP contribution in [0.3, 0.4) is 0 Å². The third-order valence-electron chi connectivity index (χ3n) is 2.38. The van der Waals surface area contributed by atoms with Crippen molar-refractivity contribution in [3.63, 3.8) is 0 Å². The van der Waals surface area contributed by atoms with Crippen LogP contribution in [0.5, 0.6) is 5.75 Å². The van der Waals surface area contributed by atoms with E-state index in [4.69, 9.17) is 16.3 Å². The van der Waals surface area contributed by atoms with Crippen molar-refractivity contribution in [1.29, 1.82) is 0 Å². The Labute approximate surface area is 115 Å². The summed E-state index contributed by atoms with van der Waals surface area (Å²) < 4.78 is 45.5. The van der Waals surface area contributed by atoms with E-state index in [1.54, 1.807) is 0 Å². The van der Waals surface area contributed by atoms with Gasteiger partial charge in [-0.1, -0.05) is 18.2 Å². The predicted octanol–water partition coefficient (Wildman–Crippen LogP) is 4.08. The summed E-state index contributed by atoms with van der Waals surface area (Å²) in [6.07, 6.45) is -3.88.